The van der Waals surface area contributed by atoms with Gasteiger partial charge in [-0.25, -0.2) is 0 Å². The summed E-state index contributed by atoms with van der Waals surface area (Å²) in [5.41, 5.74) is 1.36. The normalized spacial score (nSPS) is 19.1. The average molecular weight is 388 g/mol. The first-order valence-corrected chi connectivity index (χ1v) is 11.0. The van der Waals surface area contributed by atoms with E-state index in [1.165, 1.54) is 5.56 Å². The number of piperidine rings is 1. The summed E-state index contributed by atoms with van der Waals surface area (Å²) >= 11 is -1.07. The summed E-state index contributed by atoms with van der Waals surface area (Å²) in [6.45, 7) is 9.17. The summed E-state index contributed by atoms with van der Waals surface area (Å²) in [5, 5.41) is 8.68. The Balaban J connectivity index is 1.91. The first-order chi connectivity index (χ1) is 12.9. The van der Waals surface area contributed by atoms with Gasteiger partial charge in [0.05, 0.1) is 12.1 Å². The molecule has 0 saturated carbocycles. The summed E-state index contributed by atoms with van der Waals surface area (Å²) in [5.74, 6) is 0.527. The molecule has 1 aromatic carbocycles. The van der Waals surface area contributed by atoms with Gasteiger partial charge >= 0.3 is 0 Å². The third-order valence-electron chi connectivity index (χ3n) is 5.10. The standard InChI is InChI=1S/C22H33N3OS/c1-22(2,3)27(26)24-21(12-8-5-9-15-23)20-13-16-25(17-14-20)18-19-10-6-4-7-11-19/h4-7,9-11,20-21,24H,8,12-14,16-18H2,1-3H3/t21-,27?/m1/s1. The maximum absolute atomic E-state index is 12.6. The highest BCUT2D eigenvalue weighted by Gasteiger charge is 2.33. The Morgan fingerprint density at radius 2 is 1.96 bits per heavy atom. The third-order valence-corrected chi connectivity index (χ3v) is 6.73. The molecule has 0 bridgehead atoms. The van der Waals surface area contributed by atoms with Crippen LogP contribution in [0.25, 0.3) is 0 Å². The summed E-state index contributed by atoms with van der Waals surface area (Å²) in [6.07, 6.45) is 7.46. The molecule has 1 fully saturated rings. The largest absolute Gasteiger partial charge is 0.598 e. The number of likely N-dealkylation sites (tertiary alicyclic amines) is 1. The van der Waals surface area contributed by atoms with Gasteiger partial charge in [0.15, 0.2) is 0 Å². The van der Waals surface area contributed by atoms with Gasteiger partial charge in [0, 0.05) is 24.0 Å². The van der Waals surface area contributed by atoms with Crippen molar-refractivity contribution >= 4 is 11.4 Å². The second-order valence-electron chi connectivity index (χ2n) is 8.31. The first kappa shape index (κ1) is 22.0. The fourth-order valence-corrected chi connectivity index (χ4v) is 4.41. The number of nitrogens with one attached hydrogen (secondary N) is 1. The summed E-state index contributed by atoms with van der Waals surface area (Å²) in [7, 11) is 0. The van der Waals surface area contributed by atoms with E-state index in [4.69, 9.17) is 5.26 Å². The Morgan fingerprint density at radius 3 is 2.56 bits per heavy atom. The number of hydrogen-bond acceptors (Lipinski definition) is 4. The number of nitrogens with zero attached hydrogens (tertiary/aromatic N) is 2. The molecule has 0 aliphatic carbocycles. The summed E-state index contributed by atoms with van der Waals surface area (Å²) < 4.78 is 15.8. The van der Waals surface area contributed by atoms with Crippen molar-refractivity contribution in [2.75, 3.05) is 13.1 Å². The van der Waals surface area contributed by atoms with E-state index >= 15 is 0 Å². The molecule has 2 atom stereocenters. The van der Waals surface area contributed by atoms with Gasteiger partial charge in [-0.3, -0.25) is 4.90 Å². The van der Waals surface area contributed by atoms with E-state index in [1.807, 2.05) is 32.9 Å². The maximum Gasteiger partial charge on any atom is 0.136 e. The van der Waals surface area contributed by atoms with Crippen molar-refractivity contribution in [3.63, 3.8) is 0 Å². The molecule has 27 heavy (non-hydrogen) atoms. The van der Waals surface area contributed by atoms with E-state index in [9.17, 15) is 4.55 Å². The molecule has 0 spiro atoms. The van der Waals surface area contributed by atoms with Gasteiger partial charge < -0.3 is 4.55 Å². The molecule has 0 amide bonds. The van der Waals surface area contributed by atoms with Crippen molar-refractivity contribution in [3.8, 4) is 6.07 Å². The van der Waals surface area contributed by atoms with E-state index in [0.717, 1.165) is 45.3 Å². The number of allylic oxidation sites excluding steroid dienone is 2. The van der Waals surface area contributed by atoms with Crippen LogP contribution in [0.5, 0.6) is 0 Å². The Labute approximate surface area is 168 Å². The van der Waals surface area contributed by atoms with Gasteiger partial charge in [0.25, 0.3) is 0 Å². The lowest BCUT2D eigenvalue weighted by atomic mass is 9.87. The topological polar surface area (TPSA) is 62.1 Å². The van der Waals surface area contributed by atoms with Crippen LogP contribution in [0.1, 0.15) is 52.0 Å². The monoisotopic (exact) mass is 387 g/mol. The van der Waals surface area contributed by atoms with E-state index in [0.29, 0.717) is 5.92 Å². The SMILES string of the molecule is CC(C)(C)[S+]([O-])N[C@H](CCC=CC#N)C1CCN(Cc2ccccc2)CC1. The molecule has 4 nitrogen and oxygen atoms in total. The molecule has 1 aliphatic heterocycles. The van der Waals surface area contributed by atoms with E-state index in [2.05, 4.69) is 40.0 Å². The van der Waals surface area contributed by atoms with Crippen molar-refractivity contribution in [1.82, 2.24) is 9.62 Å². The summed E-state index contributed by atoms with van der Waals surface area (Å²) in [4.78, 5) is 2.51. The molecule has 0 aromatic heterocycles. The zero-order valence-corrected chi connectivity index (χ0v) is 17.7. The van der Waals surface area contributed by atoms with Crippen molar-refractivity contribution in [3.05, 3.63) is 48.0 Å². The van der Waals surface area contributed by atoms with Crippen LogP contribution in [0.15, 0.2) is 42.5 Å². The fraction of sp³-hybridized carbons (Fsp3) is 0.591. The van der Waals surface area contributed by atoms with Gasteiger partial charge in [-0.05, 0) is 71.0 Å². The van der Waals surface area contributed by atoms with Crippen molar-refractivity contribution in [2.45, 2.75) is 63.8 Å². The second-order valence-corrected chi connectivity index (χ2v) is 10.3. The lowest BCUT2D eigenvalue weighted by molar-refractivity contribution is 0.156. The first-order valence-electron chi connectivity index (χ1n) is 9.89. The Morgan fingerprint density at radius 1 is 1.30 bits per heavy atom. The Kier molecular flexibility index (Phi) is 8.85. The summed E-state index contributed by atoms with van der Waals surface area (Å²) in [6, 6.07) is 12.9. The van der Waals surface area contributed by atoms with Gasteiger partial charge in [-0.1, -0.05) is 36.4 Å². The molecule has 0 radical (unpaired) electrons. The highest BCUT2D eigenvalue weighted by Crippen LogP contribution is 2.26. The lowest BCUT2D eigenvalue weighted by Crippen LogP contribution is -2.49. The molecule has 1 aliphatic rings. The zero-order valence-electron chi connectivity index (χ0n) is 16.9. The van der Waals surface area contributed by atoms with Gasteiger partial charge in [0.2, 0.25) is 0 Å². The van der Waals surface area contributed by atoms with E-state index < -0.39 is 11.4 Å². The van der Waals surface area contributed by atoms with Crippen LogP contribution in [0.4, 0.5) is 0 Å². The molecule has 1 aromatic rings. The molecular formula is C22H33N3OS. The van der Waals surface area contributed by atoms with Crippen molar-refractivity contribution in [1.29, 1.82) is 5.26 Å². The quantitative estimate of drug-likeness (QED) is 0.537. The maximum atomic E-state index is 12.6. The Hall–Kier alpha value is -1.32. The predicted molar refractivity (Wildman–Crippen MR) is 113 cm³/mol. The minimum atomic E-state index is -1.07. The van der Waals surface area contributed by atoms with Crippen molar-refractivity contribution in [2.24, 2.45) is 5.92 Å². The molecule has 1 heterocycles. The molecule has 1 unspecified atom stereocenters. The van der Waals surface area contributed by atoms with Gasteiger partial charge in [-0.15, -0.1) is 4.72 Å². The molecule has 1 saturated heterocycles. The van der Waals surface area contributed by atoms with Crippen LogP contribution in [0.3, 0.4) is 0 Å². The van der Waals surface area contributed by atoms with Crippen molar-refractivity contribution < 1.29 is 4.55 Å². The third kappa shape index (κ3) is 7.67. The molecular weight excluding hydrogens is 354 g/mol. The van der Waals surface area contributed by atoms with E-state index in [-0.39, 0.29) is 10.8 Å². The van der Waals surface area contributed by atoms with Crippen LogP contribution < -0.4 is 4.72 Å². The molecule has 1 N–H and O–H groups in total. The highest BCUT2D eigenvalue weighted by atomic mass is 32.2. The lowest BCUT2D eigenvalue weighted by Gasteiger charge is -2.37. The van der Waals surface area contributed by atoms with Crippen LogP contribution in [-0.4, -0.2) is 33.3 Å². The minimum absolute atomic E-state index is 0.229. The van der Waals surface area contributed by atoms with Crippen LogP contribution in [-0.2, 0) is 17.9 Å². The van der Waals surface area contributed by atoms with Gasteiger partial charge in [-0.2, -0.15) is 5.26 Å². The number of nitriles is 1. The number of benzene rings is 1. The van der Waals surface area contributed by atoms with E-state index in [1.54, 1.807) is 6.08 Å². The van der Waals surface area contributed by atoms with Crippen LogP contribution in [0.2, 0.25) is 0 Å². The number of rotatable bonds is 8. The van der Waals surface area contributed by atoms with Crippen LogP contribution in [0, 0.1) is 17.2 Å². The smallest absolute Gasteiger partial charge is 0.136 e. The van der Waals surface area contributed by atoms with Crippen LogP contribution >= 0.6 is 0 Å². The molecule has 2 rings (SSSR count). The number of hydrogen-bond donors (Lipinski definition) is 1. The fourth-order valence-electron chi connectivity index (χ4n) is 3.47. The molecule has 5 heteroatoms. The average Bonchev–Trinajstić information content (AvgIpc) is 2.65. The highest BCUT2D eigenvalue weighted by molar-refractivity contribution is 7.90. The Bertz CT molecular complexity index is 613. The van der Waals surface area contributed by atoms with Gasteiger partial charge in [0.1, 0.15) is 4.75 Å². The molecule has 148 valence electrons. The predicted octanol–water partition coefficient (Wildman–Crippen LogP) is 4.18. The minimum Gasteiger partial charge on any atom is -0.598 e. The zero-order chi connectivity index (χ0) is 19.7. The second kappa shape index (κ2) is 10.9.